The quantitative estimate of drug-likeness (QED) is 0.287. The highest BCUT2D eigenvalue weighted by Crippen LogP contribution is 1.47. The van der Waals surface area contributed by atoms with E-state index in [9.17, 15) is 0 Å². The zero-order chi connectivity index (χ0) is 22.8. The topological polar surface area (TPSA) is 138 Å². The van der Waals surface area contributed by atoms with E-state index in [-0.39, 0.29) is 21.9 Å². The maximum absolute atomic E-state index is 2.22. The van der Waals surface area contributed by atoms with Gasteiger partial charge in [0.05, 0.1) is 78.5 Å². The zero-order valence-electron chi connectivity index (χ0n) is 24.3. The normalized spacial score (nSPS) is 9.00. The molecule has 0 saturated heterocycles. The zero-order valence-corrected chi connectivity index (χ0v) is 24.3. The van der Waals surface area contributed by atoms with Crippen LogP contribution in [0.5, 0.6) is 0 Å². The summed E-state index contributed by atoms with van der Waals surface area (Å²) in [6.07, 6.45) is 0. The summed E-state index contributed by atoms with van der Waals surface area (Å²) in [4.78, 5) is 6.72. The molecule has 32 heavy (non-hydrogen) atoms. The summed E-state index contributed by atoms with van der Waals surface area (Å²) in [7, 11) is 0. The number of rotatable bonds is 12. The fourth-order valence-corrected chi connectivity index (χ4v) is 3.00. The van der Waals surface area contributed by atoms with Crippen molar-refractivity contribution in [3.05, 3.63) is 0 Å². The molecule has 0 saturated carbocycles. The molecule has 0 heterocycles. The first-order valence-electron chi connectivity index (χ1n) is 12.7. The molecule has 8 heteroatoms. The van der Waals surface area contributed by atoms with Gasteiger partial charge in [0.2, 0.25) is 0 Å². The van der Waals surface area contributed by atoms with E-state index < -0.39 is 0 Å². The second-order valence-electron chi connectivity index (χ2n) is 7.24. The van der Waals surface area contributed by atoms with Gasteiger partial charge in [-0.2, -0.15) is 0 Å². The molecule has 0 aliphatic heterocycles. The van der Waals surface area contributed by atoms with Crippen molar-refractivity contribution >= 4 is 0 Å². The van der Waals surface area contributed by atoms with E-state index in [2.05, 4.69) is 83.1 Å². The Morgan fingerprint density at radius 2 is 0.281 bits per heavy atom. The predicted molar refractivity (Wildman–Crippen MR) is 138 cm³/mol. The van der Waals surface area contributed by atoms with E-state index in [0.29, 0.717) is 0 Å². The first-order valence-corrected chi connectivity index (χ1v) is 12.7. The maximum atomic E-state index is 2.22. The van der Waals surface area contributed by atoms with Crippen LogP contribution in [0, 0.1) is 0 Å². The lowest BCUT2D eigenvalue weighted by Crippen LogP contribution is -3.11. The molecule has 0 aromatic rings. The highest BCUT2D eigenvalue weighted by Gasteiger charge is 1.94. The summed E-state index contributed by atoms with van der Waals surface area (Å²) in [6.45, 7) is 41.9. The van der Waals surface area contributed by atoms with Gasteiger partial charge >= 0.3 is 0 Å². The summed E-state index contributed by atoms with van der Waals surface area (Å²) < 4.78 is 0. The molecule has 0 atom stereocenters. The third kappa shape index (κ3) is 43.5. The molecule has 0 bridgehead atoms. The van der Waals surface area contributed by atoms with Crippen LogP contribution >= 0.6 is 0 Å². The molecule has 0 amide bonds. The third-order valence-corrected chi connectivity index (χ3v) is 6.00. The predicted octanol–water partition coefficient (Wildman–Crippen LogP) is -0.983. The monoisotopic (exact) mass is 477 g/mol. The van der Waals surface area contributed by atoms with Crippen molar-refractivity contribution in [2.45, 2.75) is 83.1 Å². The maximum Gasteiger partial charge on any atom is 0.0742 e. The molecular weight excluding hydrogens is 408 g/mol. The van der Waals surface area contributed by atoms with Crippen LogP contribution in [-0.4, -0.2) is 100 Å². The first-order chi connectivity index (χ1) is 13.4. The standard InChI is InChI=1S/4C6H15N.4H2O/c4*1-4-7(5-2)6-3;;;;/h4*4-6H2,1-3H3;4*1H2. The van der Waals surface area contributed by atoms with Gasteiger partial charge in [-0.1, -0.05) is 0 Å². The van der Waals surface area contributed by atoms with Gasteiger partial charge in [0.15, 0.2) is 0 Å². The van der Waals surface area contributed by atoms with Crippen LogP contribution in [0.25, 0.3) is 0 Å². The van der Waals surface area contributed by atoms with E-state index in [1.807, 2.05) is 0 Å². The van der Waals surface area contributed by atoms with E-state index >= 15 is 0 Å². The highest BCUT2D eigenvalue weighted by atomic mass is 16.0. The molecule has 208 valence electrons. The van der Waals surface area contributed by atoms with E-state index in [0.717, 1.165) is 0 Å². The summed E-state index contributed by atoms with van der Waals surface area (Å²) in [5, 5.41) is 0. The fraction of sp³-hybridized carbons (Fsp3) is 1.00. The first kappa shape index (κ1) is 53.2. The van der Waals surface area contributed by atoms with Crippen molar-refractivity contribution in [3.63, 3.8) is 0 Å². The lowest BCUT2D eigenvalue weighted by molar-refractivity contribution is -0.894. The molecule has 0 aromatic carbocycles. The van der Waals surface area contributed by atoms with Crippen LogP contribution in [0.3, 0.4) is 0 Å². The number of hydrogen-bond acceptors (Lipinski definition) is 4. The number of hydrogen-bond donors (Lipinski definition) is 4. The van der Waals surface area contributed by atoms with Crippen molar-refractivity contribution < 1.29 is 41.5 Å². The molecule has 0 aliphatic rings. The van der Waals surface area contributed by atoms with E-state index in [1.54, 1.807) is 19.6 Å². The average Bonchev–Trinajstić information content (AvgIpc) is 2.75. The van der Waals surface area contributed by atoms with Crippen molar-refractivity contribution in [1.29, 1.82) is 0 Å². The second kappa shape index (κ2) is 48.2. The third-order valence-electron chi connectivity index (χ3n) is 6.00. The Hall–Kier alpha value is -0.320. The Morgan fingerprint density at radius 3 is 0.281 bits per heavy atom. The fourth-order valence-electron chi connectivity index (χ4n) is 3.00. The van der Waals surface area contributed by atoms with Gasteiger partial charge in [0, 0.05) is 0 Å². The molecule has 0 spiro atoms. The Balaban J connectivity index is -0.0000000384. The van der Waals surface area contributed by atoms with Gasteiger partial charge in [-0.3, -0.25) is 0 Å². The molecule has 0 aromatic heterocycles. The Labute approximate surface area is 203 Å². The lowest BCUT2D eigenvalue weighted by Gasteiger charge is -2.10. The Bertz CT molecular complexity index is 168. The Kier molecular flexibility index (Phi) is 80.1. The van der Waals surface area contributed by atoms with Crippen molar-refractivity contribution in [2.75, 3.05) is 78.5 Å². The van der Waals surface area contributed by atoms with Crippen LogP contribution in [0.2, 0.25) is 0 Å². The smallest absolute Gasteiger partial charge is 0.0742 e. The van der Waals surface area contributed by atoms with Gasteiger partial charge in [-0.25, -0.2) is 0 Å². The molecule has 0 rings (SSSR count). The van der Waals surface area contributed by atoms with Gasteiger partial charge in [0.25, 0.3) is 0 Å². The second-order valence-corrected chi connectivity index (χ2v) is 7.24. The minimum Gasteiger partial charge on any atom is -0.870 e. The molecule has 8 N–H and O–H groups in total. The van der Waals surface area contributed by atoms with Crippen molar-refractivity contribution in [1.82, 2.24) is 0 Å². The summed E-state index contributed by atoms with van der Waals surface area (Å²) in [5.74, 6) is 0. The van der Waals surface area contributed by atoms with Crippen LogP contribution in [0.1, 0.15) is 83.1 Å². The summed E-state index contributed by atoms with van der Waals surface area (Å²) in [5.41, 5.74) is 0. The van der Waals surface area contributed by atoms with Crippen LogP contribution in [0.4, 0.5) is 0 Å². The summed E-state index contributed by atoms with van der Waals surface area (Å²) in [6, 6.07) is 0. The molecule has 0 unspecified atom stereocenters. The average molecular weight is 477 g/mol. The van der Waals surface area contributed by atoms with Crippen LogP contribution < -0.4 is 19.6 Å². The SMILES string of the molecule is CC[NH+](CC)CC.CC[NH+](CC)CC.CC[NH+](CC)CC.CC[NH+](CC)CC.[OH-].[OH-].[OH-].[OH-]. The molecule has 0 fully saturated rings. The summed E-state index contributed by atoms with van der Waals surface area (Å²) >= 11 is 0. The minimum atomic E-state index is 0. The van der Waals surface area contributed by atoms with E-state index in [4.69, 9.17) is 0 Å². The van der Waals surface area contributed by atoms with Crippen LogP contribution in [0.15, 0.2) is 0 Å². The van der Waals surface area contributed by atoms with Gasteiger partial charge in [-0.05, 0) is 83.1 Å². The Morgan fingerprint density at radius 1 is 0.219 bits per heavy atom. The molecule has 8 nitrogen and oxygen atoms in total. The molecule has 0 aliphatic carbocycles. The highest BCUT2D eigenvalue weighted by molar-refractivity contribution is 4.13. The van der Waals surface area contributed by atoms with Crippen LogP contribution in [-0.2, 0) is 0 Å². The van der Waals surface area contributed by atoms with E-state index in [1.165, 1.54) is 78.5 Å². The van der Waals surface area contributed by atoms with Gasteiger partial charge in [0.1, 0.15) is 0 Å². The number of quaternary nitrogens is 4. The van der Waals surface area contributed by atoms with Gasteiger partial charge in [-0.15, -0.1) is 0 Å². The van der Waals surface area contributed by atoms with Crippen molar-refractivity contribution in [3.8, 4) is 0 Å². The largest absolute Gasteiger partial charge is 0.870 e. The molecule has 0 radical (unpaired) electrons. The molecular formula is C24H68N4O4. The van der Waals surface area contributed by atoms with Crippen molar-refractivity contribution in [2.24, 2.45) is 0 Å². The van der Waals surface area contributed by atoms with Gasteiger partial charge < -0.3 is 41.5 Å². The minimum absolute atomic E-state index is 0. The lowest BCUT2D eigenvalue weighted by atomic mass is 10.5. The number of nitrogens with one attached hydrogen (secondary N) is 4.